The molecule has 0 unspecified atom stereocenters. The topological polar surface area (TPSA) is 94.2 Å². The third-order valence-corrected chi connectivity index (χ3v) is 6.50. The van der Waals surface area contributed by atoms with Crippen LogP contribution in [0.1, 0.15) is 25.0 Å². The van der Waals surface area contributed by atoms with E-state index in [2.05, 4.69) is 27.9 Å². The molecule has 0 bridgehead atoms. The minimum absolute atomic E-state index is 0.188. The number of halogens is 2. The molecule has 1 saturated heterocycles. The van der Waals surface area contributed by atoms with Gasteiger partial charge in [-0.2, -0.15) is 0 Å². The van der Waals surface area contributed by atoms with Crippen molar-refractivity contribution in [3.05, 3.63) is 86.0 Å². The molecule has 0 aromatic heterocycles. The van der Waals surface area contributed by atoms with Crippen molar-refractivity contribution in [3.63, 3.8) is 0 Å². The predicted molar refractivity (Wildman–Crippen MR) is 153 cm³/mol. The molecule has 8 nitrogen and oxygen atoms in total. The fourth-order valence-electron chi connectivity index (χ4n) is 3.73. The first kappa shape index (κ1) is 27.5. The number of hydrogen-bond acceptors (Lipinski definition) is 6. The van der Waals surface area contributed by atoms with E-state index in [0.717, 1.165) is 14.0 Å². The number of rotatable bonds is 9. The molecule has 4 amide bonds. The lowest BCUT2D eigenvalue weighted by molar-refractivity contribution is -0.122. The monoisotopic (exact) mass is 646 g/mol. The Balaban J connectivity index is 1.63. The Bertz CT molecular complexity index is 1390. The standard InChI is InChI=1S/C28H24ClIN2O6/c1-3-36-21-11-9-20(10-12-21)32-27(34)22(26(33)31-28(32)35)13-18-14-23(30)25(24(15-18)37-4-2)38-16-17-5-7-19(29)8-6-17/h5-15H,3-4,16H2,1-2H3,(H,31,33,35)/b22-13-. The fraction of sp³-hybridized carbons (Fsp3) is 0.179. The molecule has 0 saturated carbocycles. The molecular weight excluding hydrogens is 623 g/mol. The van der Waals surface area contributed by atoms with Crippen LogP contribution in [0, 0.1) is 3.57 Å². The highest BCUT2D eigenvalue weighted by molar-refractivity contribution is 14.1. The van der Waals surface area contributed by atoms with Crippen molar-refractivity contribution >= 4 is 63.8 Å². The predicted octanol–water partition coefficient (Wildman–Crippen LogP) is 5.99. The Kier molecular flexibility index (Phi) is 8.90. The van der Waals surface area contributed by atoms with E-state index in [1.165, 1.54) is 6.08 Å². The SMILES string of the molecule is CCOc1ccc(N2C(=O)NC(=O)/C(=C/c3cc(I)c(OCc4ccc(Cl)cc4)c(OCC)c3)C2=O)cc1. The molecule has 38 heavy (non-hydrogen) atoms. The summed E-state index contributed by atoms with van der Waals surface area (Å²) in [5.74, 6) is 0.0833. The zero-order chi connectivity index (χ0) is 27.2. The van der Waals surface area contributed by atoms with Gasteiger partial charge in [-0.1, -0.05) is 23.7 Å². The molecule has 1 aliphatic heterocycles. The molecule has 3 aromatic carbocycles. The van der Waals surface area contributed by atoms with Gasteiger partial charge in [0.05, 0.1) is 22.5 Å². The molecule has 10 heteroatoms. The van der Waals surface area contributed by atoms with E-state index in [0.29, 0.717) is 53.3 Å². The molecule has 0 spiro atoms. The lowest BCUT2D eigenvalue weighted by Crippen LogP contribution is -2.54. The Hall–Kier alpha value is -3.57. The van der Waals surface area contributed by atoms with Gasteiger partial charge in [-0.25, -0.2) is 9.69 Å². The maximum atomic E-state index is 13.3. The van der Waals surface area contributed by atoms with Crippen LogP contribution in [0.4, 0.5) is 10.5 Å². The number of nitrogens with zero attached hydrogens (tertiary/aromatic N) is 1. The van der Waals surface area contributed by atoms with Crippen molar-refractivity contribution in [2.75, 3.05) is 18.1 Å². The molecule has 3 aromatic rings. The molecule has 1 N–H and O–H groups in total. The Labute approximate surface area is 238 Å². The molecule has 1 heterocycles. The quantitative estimate of drug-likeness (QED) is 0.175. The van der Waals surface area contributed by atoms with Crippen LogP contribution in [-0.2, 0) is 16.2 Å². The fourth-order valence-corrected chi connectivity index (χ4v) is 4.63. The lowest BCUT2D eigenvalue weighted by Gasteiger charge is -2.26. The summed E-state index contributed by atoms with van der Waals surface area (Å²) in [6.07, 6.45) is 1.43. The summed E-state index contributed by atoms with van der Waals surface area (Å²) in [6.45, 7) is 4.87. The maximum Gasteiger partial charge on any atom is 0.335 e. The van der Waals surface area contributed by atoms with Crippen LogP contribution < -0.4 is 24.4 Å². The lowest BCUT2D eigenvalue weighted by atomic mass is 10.1. The summed E-state index contributed by atoms with van der Waals surface area (Å²) in [7, 11) is 0. The Morgan fingerprint density at radius 1 is 0.921 bits per heavy atom. The highest BCUT2D eigenvalue weighted by Gasteiger charge is 2.37. The van der Waals surface area contributed by atoms with Crippen molar-refractivity contribution in [2.24, 2.45) is 0 Å². The number of hydrogen-bond donors (Lipinski definition) is 1. The second kappa shape index (κ2) is 12.3. The second-order valence-electron chi connectivity index (χ2n) is 8.06. The minimum atomic E-state index is -0.822. The van der Waals surface area contributed by atoms with Gasteiger partial charge >= 0.3 is 6.03 Å². The van der Waals surface area contributed by atoms with Gasteiger partial charge in [-0.05, 0) is 102 Å². The molecule has 0 radical (unpaired) electrons. The van der Waals surface area contributed by atoms with Crippen molar-refractivity contribution in [2.45, 2.75) is 20.5 Å². The number of anilines is 1. The number of nitrogens with one attached hydrogen (secondary N) is 1. The minimum Gasteiger partial charge on any atom is -0.494 e. The summed E-state index contributed by atoms with van der Waals surface area (Å²) >= 11 is 8.07. The number of imide groups is 2. The van der Waals surface area contributed by atoms with E-state index >= 15 is 0 Å². The number of amides is 4. The van der Waals surface area contributed by atoms with E-state index < -0.39 is 17.8 Å². The van der Waals surface area contributed by atoms with E-state index in [1.54, 1.807) is 48.5 Å². The summed E-state index contributed by atoms with van der Waals surface area (Å²) in [4.78, 5) is 39.4. The summed E-state index contributed by atoms with van der Waals surface area (Å²) in [5.41, 5.74) is 1.59. The number of carbonyl (C=O) groups excluding carboxylic acids is 3. The molecule has 1 fully saturated rings. The van der Waals surface area contributed by atoms with Gasteiger partial charge in [-0.3, -0.25) is 14.9 Å². The normalized spacial score (nSPS) is 14.5. The van der Waals surface area contributed by atoms with Crippen LogP contribution in [0.2, 0.25) is 5.02 Å². The zero-order valence-electron chi connectivity index (χ0n) is 20.6. The second-order valence-corrected chi connectivity index (χ2v) is 9.66. The van der Waals surface area contributed by atoms with Crippen LogP contribution in [0.3, 0.4) is 0 Å². The van der Waals surface area contributed by atoms with Gasteiger partial charge in [0.1, 0.15) is 17.9 Å². The van der Waals surface area contributed by atoms with E-state index in [9.17, 15) is 14.4 Å². The number of ether oxygens (including phenoxy) is 3. The van der Waals surface area contributed by atoms with Gasteiger partial charge < -0.3 is 14.2 Å². The van der Waals surface area contributed by atoms with Crippen molar-refractivity contribution in [1.82, 2.24) is 5.32 Å². The third-order valence-electron chi connectivity index (χ3n) is 5.45. The van der Waals surface area contributed by atoms with Gasteiger partial charge in [0.25, 0.3) is 11.8 Å². The Morgan fingerprint density at radius 3 is 2.26 bits per heavy atom. The van der Waals surface area contributed by atoms with Crippen LogP contribution in [-0.4, -0.2) is 31.1 Å². The number of carbonyl (C=O) groups is 3. The smallest absolute Gasteiger partial charge is 0.335 e. The van der Waals surface area contributed by atoms with E-state index in [1.807, 2.05) is 26.0 Å². The van der Waals surface area contributed by atoms with Gasteiger partial charge in [0.2, 0.25) is 0 Å². The average molecular weight is 647 g/mol. The molecule has 196 valence electrons. The maximum absolute atomic E-state index is 13.3. The summed E-state index contributed by atoms with van der Waals surface area (Å²) < 4.78 is 18.0. The van der Waals surface area contributed by atoms with Crippen LogP contribution in [0.5, 0.6) is 17.2 Å². The molecule has 0 atom stereocenters. The Morgan fingerprint density at radius 2 is 1.61 bits per heavy atom. The molecular formula is C28H24ClIN2O6. The average Bonchev–Trinajstić information content (AvgIpc) is 2.88. The molecule has 4 rings (SSSR count). The van der Waals surface area contributed by atoms with Crippen molar-refractivity contribution in [1.29, 1.82) is 0 Å². The highest BCUT2D eigenvalue weighted by atomic mass is 127. The molecule has 1 aliphatic rings. The third kappa shape index (κ3) is 6.28. The van der Waals surface area contributed by atoms with E-state index in [4.69, 9.17) is 25.8 Å². The number of barbiturate groups is 1. The first-order valence-corrected chi connectivity index (χ1v) is 13.2. The first-order valence-electron chi connectivity index (χ1n) is 11.8. The van der Waals surface area contributed by atoms with Gasteiger partial charge in [0.15, 0.2) is 11.5 Å². The van der Waals surface area contributed by atoms with Crippen LogP contribution in [0.25, 0.3) is 6.08 Å². The van der Waals surface area contributed by atoms with E-state index in [-0.39, 0.29) is 5.57 Å². The number of urea groups is 1. The first-order chi connectivity index (χ1) is 18.3. The molecule has 0 aliphatic carbocycles. The van der Waals surface area contributed by atoms with Gasteiger partial charge in [-0.15, -0.1) is 0 Å². The largest absolute Gasteiger partial charge is 0.494 e. The van der Waals surface area contributed by atoms with Crippen molar-refractivity contribution < 1.29 is 28.6 Å². The summed E-state index contributed by atoms with van der Waals surface area (Å²) in [6, 6.07) is 16.4. The summed E-state index contributed by atoms with van der Waals surface area (Å²) in [5, 5.41) is 2.88. The van der Waals surface area contributed by atoms with Crippen LogP contribution >= 0.6 is 34.2 Å². The van der Waals surface area contributed by atoms with Crippen molar-refractivity contribution in [3.8, 4) is 17.2 Å². The van der Waals surface area contributed by atoms with Gasteiger partial charge in [0, 0.05) is 5.02 Å². The number of benzene rings is 3. The van der Waals surface area contributed by atoms with Crippen LogP contribution in [0.15, 0.2) is 66.2 Å². The zero-order valence-corrected chi connectivity index (χ0v) is 23.5. The highest BCUT2D eigenvalue weighted by Crippen LogP contribution is 2.36.